The fraction of sp³-hybridized carbons (Fsp3) is 0.222. The van der Waals surface area contributed by atoms with Crippen molar-refractivity contribution in [3.05, 3.63) is 34.9 Å². The molecule has 1 aromatic carbocycles. The van der Waals surface area contributed by atoms with Gasteiger partial charge in [0, 0.05) is 5.02 Å². The molecule has 0 aliphatic heterocycles. The Balaban J connectivity index is 3.09. The van der Waals surface area contributed by atoms with Crippen molar-refractivity contribution in [3.8, 4) is 6.07 Å². The number of benzene rings is 1. The molecule has 14 heavy (non-hydrogen) atoms. The molecule has 0 aliphatic carbocycles. The van der Waals surface area contributed by atoms with E-state index in [0.29, 0.717) is 0 Å². The van der Waals surface area contributed by atoms with E-state index in [1.807, 2.05) is 0 Å². The van der Waals surface area contributed by atoms with Crippen LogP contribution in [0.1, 0.15) is 11.5 Å². The molecule has 1 aromatic rings. The Hall–Kier alpha value is -1.21. The molecule has 5 heteroatoms. The lowest BCUT2D eigenvalue weighted by atomic mass is 10.0. The van der Waals surface area contributed by atoms with Gasteiger partial charge in [0.2, 0.25) is 0 Å². The van der Waals surface area contributed by atoms with Crippen LogP contribution in [0.25, 0.3) is 0 Å². The normalized spacial score (nSPS) is 13.4. The number of nitrogens with zero attached hydrogens (tertiary/aromatic N) is 1. The van der Waals surface area contributed by atoms with Gasteiger partial charge in [-0.15, -0.1) is 0 Å². The van der Waals surface area contributed by atoms with Crippen molar-refractivity contribution >= 4 is 11.6 Å². The minimum absolute atomic E-state index is 0.132. The van der Waals surface area contributed by atoms with Crippen molar-refractivity contribution in [1.29, 1.82) is 5.26 Å². The molecule has 0 spiro atoms. The number of hydrogen-bond donors (Lipinski definition) is 0. The molecule has 0 heterocycles. The highest BCUT2D eigenvalue weighted by atomic mass is 35.5. The molecule has 0 fully saturated rings. The maximum atomic E-state index is 12.3. The summed E-state index contributed by atoms with van der Waals surface area (Å²) in [6.45, 7) is 0. The van der Waals surface area contributed by atoms with Crippen LogP contribution < -0.4 is 0 Å². The Kier molecular flexibility index (Phi) is 3.02. The van der Waals surface area contributed by atoms with Crippen molar-refractivity contribution in [2.24, 2.45) is 0 Å². The zero-order valence-corrected chi connectivity index (χ0v) is 7.60. The first-order valence-corrected chi connectivity index (χ1v) is 4.04. The third kappa shape index (κ3) is 2.39. The van der Waals surface area contributed by atoms with E-state index >= 15 is 0 Å². The summed E-state index contributed by atoms with van der Waals surface area (Å²) in [5, 5.41) is 8.58. The Bertz CT molecular complexity index is 367. The predicted octanol–water partition coefficient (Wildman–Crippen LogP) is 3.51. The van der Waals surface area contributed by atoms with Crippen LogP contribution in [0.2, 0.25) is 5.02 Å². The van der Waals surface area contributed by atoms with Crippen molar-refractivity contribution in [1.82, 2.24) is 0 Å². The summed E-state index contributed by atoms with van der Waals surface area (Å²) in [5.41, 5.74) is -0.132. The molecule has 0 saturated heterocycles. The highest BCUT2D eigenvalue weighted by Gasteiger charge is 2.41. The predicted molar refractivity (Wildman–Crippen MR) is 45.9 cm³/mol. The Labute approximate surface area is 83.7 Å². The average Bonchev–Trinajstić information content (AvgIpc) is 2.02. The second-order valence-corrected chi connectivity index (χ2v) is 3.10. The summed E-state index contributed by atoms with van der Waals surface area (Å²) >= 11 is 5.52. The van der Waals surface area contributed by atoms with E-state index in [-0.39, 0.29) is 10.6 Å². The molecule has 1 nitrogen and oxygen atoms in total. The molecule has 0 bridgehead atoms. The summed E-state index contributed by atoms with van der Waals surface area (Å²) < 4.78 is 36.8. The smallest absolute Gasteiger partial charge is 0.197 e. The molecule has 0 saturated carbocycles. The van der Waals surface area contributed by atoms with Gasteiger partial charge in [-0.1, -0.05) is 23.7 Å². The first-order valence-electron chi connectivity index (χ1n) is 3.67. The van der Waals surface area contributed by atoms with Gasteiger partial charge in [-0.25, -0.2) is 0 Å². The van der Waals surface area contributed by atoms with Gasteiger partial charge in [-0.2, -0.15) is 18.4 Å². The van der Waals surface area contributed by atoms with Crippen LogP contribution in [0.4, 0.5) is 13.2 Å². The zero-order valence-electron chi connectivity index (χ0n) is 6.85. The quantitative estimate of drug-likeness (QED) is 0.709. The Morgan fingerprint density at radius 1 is 1.36 bits per heavy atom. The number of halogens is 4. The molecule has 0 aliphatic rings. The highest BCUT2D eigenvalue weighted by Crippen LogP contribution is 2.34. The van der Waals surface area contributed by atoms with E-state index in [4.69, 9.17) is 16.9 Å². The van der Waals surface area contributed by atoms with Gasteiger partial charge in [-0.05, 0) is 17.7 Å². The zero-order chi connectivity index (χ0) is 10.8. The van der Waals surface area contributed by atoms with Gasteiger partial charge in [0.05, 0.1) is 6.07 Å². The maximum Gasteiger partial charge on any atom is 0.408 e. The summed E-state index contributed by atoms with van der Waals surface area (Å²) in [7, 11) is 0. The van der Waals surface area contributed by atoms with Gasteiger partial charge >= 0.3 is 6.18 Å². The van der Waals surface area contributed by atoms with Crippen molar-refractivity contribution in [3.63, 3.8) is 0 Å². The topological polar surface area (TPSA) is 23.8 Å². The van der Waals surface area contributed by atoms with Gasteiger partial charge in [0.25, 0.3) is 0 Å². The molecule has 1 unspecified atom stereocenters. The summed E-state index contributed by atoms with van der Waals surface area (Å²) in [6, 6.07) is 6.41. The molecule has 1 atom stereocenters. The summed E-state index contributed by atoms with van der Waals surface area (Å²) in [5.74, 6) is -2.11. The van der Waals surface area contributed by atoms with Crippen LogP contribution >= 0.6 is 11.6 Å². The molecular formula is C9H5ClF3N. The standard InChI is InChI=1S/C9H5ClF3N/c10-7-3-1-2-6(4-7)8(5-14)9(11,12)13/h1-4,8H. The van der Waals surface area contributed by atoms with Crippen LogP contribution in [0, 0.1) is 11.3 Å². The molecule has 0 radical (unpaired) electrons. The van der Waals surface area contributed by atoms with Crippen molar-refractivity contribution < 1.29 is 13.2 Å². The first-order chi connectivity index (χ1) is 6.45. The van der Waals surface area contributed by atoms with Gasteiger partial charge < -0.3 is 0 Å². The molecule has 1 rings (SSSR count). The minimum atomic E-state index is -4.56. The van der Waals surface area contributed by atoms with E-state index in [0.717, 1.165) is 6.07 Å². The monoisotopic (exact) mass is 219 g/mol. The van der Waals surface area contributed by atoms with Gasteiger partial charge in [-0.3, -0.25) is 0 Å². The lowest BCUT2D eigenvalue weighted by Crippen LogP contribution is -2.19. The molecule has 0 aromatic heterocycles. The van der Waals surface area contributed by atoms with Gasteiger partial charge in [0.1, 0.15) is 0 Å². The number of alkyl halides is 3. The van der Waals surface area contributed by atoms with E-state index in [2.05, 4.69) is 0 Å². The van der Waals surface area contributed by atoms with Crippen LogP contribution in [0.15, 0.2) is 24.3 Å². The highest BCUT2D eigenvalue weighted by molar-refractivity contribution is 6.30. The van der Waals surface area contributed by atoms with Gasteiger partial charge in [0.15, 0.2) is 5.92 Å². The number of hydrogen-bond acceptors (Lipinski definition) is 1. The van der Waals surface area contributed by atoms with Crippen molar-refractivity contribution in [2.75, 3.05) is 0 Å². The SMILES string of the molecule is N#CC(c1cccc(Cl)c1)C(F)(F)F. The molecular weight excluding hydrogens is 215 g/mol. The van der Waals surface area contributed by atoms with Crippen molar-refractivity contribution in [2.45, 2.75) is 12.1 Å². The van der Waals surface area contributed by atoms with Crippen LogP contribution in [0.3, 0.4) is 0 Å². The lowest BCUT2D eigenvalue weighted by Gasteiger charge is -2.13. The van der Waals surface area contributed by atoms with Crippen LogP contribution in [-0.2, 0) is 0 Å². The summed E-state index contributed by atoms with van der Waals surface area (Å²) in [4.78, 5) is 0. The first kappa shape index (κ1) is 10.9. The molecule has 0 amide bonds. The second-order valence-electron chi connectivity index (χ2n) is 2.66. The molecule has 74 valence electrons. The summed E-state index contributed by atoms with van der Waals surface area (Å²) in [6.07, 6.45) is -4.56. The Morgan fingerprint density at radius 2 is 2.00 bits per heavy atom. The van der Waals surface area contributed by atoms with Crippen LogP contribution in [-0.4, -0.2) is 6.18 Å². The number of rotatable bonds is 1. The fourth-order valence-electron chi connectivity index (χ4n) is 1.02. The average molecular weight is 220 g/mol. The number of nitriles is 1. The fourth-order valence-corrected chi connectivity index (χ4v) is 1.22. The van der Waals surface area contributed by atoms with E-state index in [1.165, 1.54) is 24.3 Å². The van der Waals surface area contributed by atoms with E-state index in [1.54, 1.807) is 0 Å². The third-order valence-corrected chi connectivity index (χ3v) is 1.87. The lowest BCUT2D eigenvalue weighted by molar-refractivity contribution is -0.137. The third-order valence-electron chi connectivity index (χ3n) is 1.64. The largest absolute Gasteiger partial charge is 0.408 e. The Morgan fingerprint density at radius 3 is 2.43 bits per heavy atom. The van der Waals surface area contributed by atoms with Crippen LogP contribution in [0.5, 0.6) is 0 Å². The maximum absolute atomic E-state index is 12.3. The second kappa shape index (κ2) is 3.89. The molecule has 0 N–H and O–H groups in total. The van der Waals surface area contributed by atoms with E-state index in [9.17, 15) is 13.2 Å². The van der Waals surface area contributed by atoms with E-state index < -0.39 is 12.1 Å². The minimum Gasteiger partial charge on any atom is -0.197 e.